The summed E-state index contributed by atoms with van der Waals surface area (Å²) in [7, 11) is 0. The van der Waals surface area contributed by atoms with Crippen LogP contribution in [0.4, 0.5) is 0 Å². The molecule has 1 unspecified atom stereocenters. The van der Waals surface area contributed by atoms with Crippen molar-refractivity contribution in [1.82, 2.24) is 4.90 Å². The lowest BCUT2D eigenvalue weighted by Gasteiger charge is -2.34. The van der Waals surface area contributed by atoms with Gasteiger partial charge in [-0.15, -0.1) is 0 Å². The molecule has 5 nitrogen and oxygen atoms in total. The van der Waals surface area contributed by atoms with Crippen LogP contribution in [0, 0.1) is 0 Å². The van der Waals surface area contributed by atoms with Crippen molar-refractivity contribution in [3.63, 3.8) is 0 Å². The van der Waals surface area contributed by atoms with Crippen LogP contribution in [0.5, 0.6) is 5.75 Å². The van der Waals surface area contributed by atoms with Gasteiger partial charge in [-0.3, -0.25) is 4.90 Å². The Morgan fingerprint density at radius 1 is 1.40 bits per heavy atom. The Kier molecular flexibility index (Phi) is 5.67. The second-order valence-electron chi connectivity index (χ2n) is 4.87. The predicted molar refractivity (Wildman–Crippen MR) is 82.3 cm³/mol. The van der Waals surface area contributed by atoms with E-state index in [0.717, 1.165) is 42.6 Å². The highest BCUT2D eigenvalue weighted by Gasteiger charge is 2.25. The monoisotopic (exact) mass is 341 g/mol. The number of rotatable bonds is 5. The van der Waals surface area contributed by atoms with Crippen LogP contribution in [-0.4, -0.2) is 41.7 Å². The number of halogens is 1. The smallest absolute Gasteiger partial charge is 0.156 e. The first-order valence-corrected chi connectivity index (χ1v) is 7.60. The van der Waals surface area contributed by atoms with Gasteiger partial charge in [0, 0.05) is 11.0 Å². The van der Waals surface area contributed by atoms with Crippen LogP contribution in [0.1, 0.15) is 19.3 Å². The summed E-state index contributed by atoms with van der Waals surface area (Å²) in [4.78, 5) is 2.22. The van der Waals surface area contributed by atoms with Gasteiger partial charge in [0.15, 0.2) is 5.84 Å². The molecule has 1 aliphatic rings. The molecule has 0 amide bonds. The molecule has 1 aliphatic heterocycles. The second-order valence-corrected chi connectivity index (χ2v) is 5.79. The van der Waals surface area contributed by atoms with Gasteiger partial charge < -0.3 is 15.7 Å². The molecule has 20 heavy (non-hydrogen) atoms. The van der Waals surface area contributed by atoms with E-state index in [1.807, 2.05) is 24.3 Å². The van der Waals surface area contributed by atoms with Crippen LogP contribution < -0.4 is 10.5 Å². The largest absolute Gasteiger partial charge is 0.492 e. The third-order valence-corrected chi connectivity index (χ3v) is 4.06. The van der Waals surface area contributed by atoms with Crippen molar-refractivity contribution in [2.45, 2.75) is 25.3 Å². The molecule has 0 spiro atoms. The van der Waals surface area contributed by atoms with E-state index in [9.17, 15) is 0 Å². The lowest BCUT2D eigenvalue weighted by Crippen LogP contribution is -2.49. The molecule has 2 rings (SSSR count). The van der Waals surface area contributed by atoms with E-state index in [4.69, 9.17) is 15.7 Å². The molecule has 1 aromatic rings. The lowest BCUT2D eigenvalue weighted by molar-refractivity contribution is 0.153. The summed E-state index contributed by atoms with van der Waals surface area (Å²) in [5.74, 6) is 1.15. The summed E-state index contributed by atoms with van der Waals surface area (Å²) in [6.45, 7) is 2.33. The number of nitrogens with zero attached hydrogens (tertiary/aromatic N) is 2. The van der Waals surface area contributed by atoms with E-state index in [2.05, 4.69) is 26.0 Å². The van der Waals surface area contributed by atoms with Gasteiger partial charge in [-0.25, -0.2) is 0 Å². The third kappa shape index (κ3) is 4.11. The summed E-state index contributed by atoms with van der Waals surface area (Å²) < 4.78 is 6.75. The lowest BCUT2D eigenvalue weighted by atomic mass is 10.0. The highest BCUT2D eigenvalue weighted by Crippen LogP contribution is 2.18. The highest BCUT2D eigenvalue weighted by atomic mass is 79.9. The van der Waals surface area contributed by atoms with Gasteiger partial charge in [-0.1, -0.05) is 27.5 Å². The molecule has 1 heterocycles. The zero-order chi connectivity index (χ0) is 14.4. The van der Waals surface area contributed by atoms with Crippen LogP contribution in [0.3, 0.4) is 0 Å². The average molecular weight is 342 g/mol. The van der Waals surface area contributed by atoms with Crippen LogP contribution in [0.15, 0.2) is 33.9 Å². The Morgan fingerprint density at radius 3 is 2.85 bits per heavy atom. The first-order valence-electron chi connectivity index (χ1n) is 6.80. The quantitative estimate of drug-likeness (QED) is 0.373. The van der Waals surface area contributed by atoms with E-state index in [1.165, 1.54) is 0 Å². The number of oxime groups is 1. The highest BCUT2D eigenvalue weighted by molar-refractivity contribution is 9.10. The Morgan fingerprint density at radius 2 is 2.15 bits per heavy atom. The average Bonchev–Trinajstić information content (AvgIpc) is 2.49. The Hall–Kier alpha value is -1.27. The number of hydrogen-bond donors (Lipinski definition) is 2. The molecule has 0 saturated carbocycles. The van der Waals surface area contributed by atoms with Gasteiger partial charge in [0.1, 0.15) is 12.4 Å². The Bertz CT molecular complexity index is 450. The maximum atomic E-state index is 8.83. The molecule has 1 atom stereocenters. The van der Waals surface area contributed by atoms with Crippen molar-refractivity contribution in [2.24, 2.45) is 10.9 Å². The minimum Gasteiger partial charge on any atom is -0.492 e. The first kappa shape index (κ1) is 15.1. The molecular weight excluding hydrogens is 322 g/mol. The minimum atomic E-state index is 0.0299. The fraction of sp³-hybridized carbons (Fsp3) is 0.500. The van der Waals surface area contributed by atoms with Gasteiger partial charge in [-0.2, -0.15) is 0 Å². The van der Waals surface area contributed by atoms with Crippen LogP contribution in [0.2, 0.25) is 0 Å². The normalized spacial score (nSPS) is 20.9. The van der Waals surface area contributed by atoms with Crippen molar-refractivity contribution in [3.05, 3.63) is 28.7 Å². The zero-order valence-electron chi connectivity index (χ0n) is 11.3. The van der Waals surface area contributed by atoms with Crippen LogP contribution in [-0.2, 0) is 0 Å². The van der Waals surface area contributed by atoms with Gasteiger partial charge in [0.2, 0.25) is 0 Å². The summed E-state index contributed by atoms with van der Waals surface area (Å²) in [5.41, 5.74) is 5.75. The molecule has 3 N–H and O–H groups in total. The van der Waals surface area contributed by atoms with E-state index in [0.29, 0.717) is 12.4 Å². The minimum absolute atomic E-state index is 0.0299. The second kappa shape index (κ2) is 7.50. The molecule has 0 bridgehead atoms. The van der Waals surface area contributed by atoms with Crippen molar-refractivity contribution < 1.29 is 9.94 Å². The zero-order valence-corrected chi connectivity index (χ0v) is 12.9. The maximum Gasteiger partial charge on any atom is 0.156 e. The Balaban J connectivity index is 1.83. The number of nitrogens with two attached hydrogens (primary N) is 1. The molecule has 6 heteroatoms. The maximum absolute atomic E-state index is 8.83. The van der Waals surface area contributed by atoms with Gasteiger partial charge in [0.05, 0.1) is 6.04 Å². The summed E-state index contributed by atoms with van der Waals surface area (Å²) in [6.07, 6.45) is 3.20. The van der Waals surface area contributed by atoms with Gasteiger partial charge in [0.25, 0.3) is 0 Å². The third-order valence-electron chi connectivity index (χ3n) is 3.53. The first-order chi connectivity index (χ1) is 9.70. The molecule has 1 saturated heterocycles. The summed E-state index contributed by atoms with van der Waals surface area (Å²) in [6, 6.07) is 7.80. The summed E-state index contributed by atoms with van der Waals surface area (Å²) >= 11 is 3.39. The Labute approximate surface area is 127 Å². The van der Waals surface area contributed by atoms with E-state index in [-0.39, 0.29) is 6.04 Å². The van der Waals surface area contributed by atoms with Crippen LogP contribution in [0.25, 0.3) is 0 Å². The molecule has 110 valence electrons. The predicted octanol–water partition coefficient (Wildman–Crippen LogP) is 2.43. The number of hydrogen-bond acceptors (Lipinski definition) is 4. The van der Waals surface area contributed by atoms with Crippen molar-refractivity contribution in [1.29, 1.82) is 0 Å². The summed E-state index contributed by atoms with van der Waals surface area (Å²) in [5, 5.41) is 12.0. The molecule has 0 aromatic heterocycles. The number of ether oxygens (including phenoxy) is 1. The molecular formula is C14H20BrN3O2. The standard InChI is InChI=1S/C14H20BrN3O2/c15-11-4-6-12(7-5-11)20-10-9-18-8-2-1-3-13(18)14(16)17-19/h4-7,13,19H,1-3,8-10H2,(H2,16,17). The number of benzene rings is 1. The molecule has 1 fully saturated rings. The van der Waals surface area contributed by atoms with Gasteiger partial charge >= 0.3 is 0 Å². The van der Waals surface area contributed by atoms with E-state index < -0.39 is 0 Å². The SMILES string of the molecule is NC(=NO)C1CCCCN1CCOc1ccc(Br)cc1. The molecule has 0 aliphatic carbocycles. The van der Waals surface area contributed by atoms with Crippen LogP contribution >= 0.6 is 15.9 Å². The van der Waals surface area contributed by atoms with E-state index >= 15 is 0 Å². The van der Waals surface area contributed by atoms with Crippen molar-refractivity contribution in [2.75, 3.05) is 19.7 Å². The number of amidine groups is 1. The topological polar surface area (TPSA) is 71.1 Å². The molecule has 0 radical (unpaired) electrons. The molecule has 1 aromatic carbocycles. The van der Waals surface area contributed by atoms with Crippen molar-refractivity contribution in [3.8, 4) is 5.75 Å². The number of likely N-dealkylation sites (tertiary alicyclic amines) is 1. The van der Waals surface area contributed by atoms with Gasteiger partial charge in [-0.05, 0) is 43.7 Å². The van der Waals surface area contributed by atoms with Crippen molar-refractivity contribution >= 4 is 21.8 Å². The van der Waals surface area contributed by atoms with E-state index in [1.54, 1.807) is 0 Å². The fourth-order valence-electron chi connectivity index (χ4n) is 2.47. The number of piperidine rings is 1. The fourth-order valence-corrected chi connectivity index (χ4v) is 2.74.